The minimum Gasteiger partial charge on any atom is -0.368 e. The fourth-order valence-electron chi connectivity index (χ4n) is 1.34. The van der Waals surface area contributed by atoms with Crippen LogP contribution >= 0.6 is 12.2 Å². The molecule has 2 aliphatic heterocycles. The van der Waals surface area contributed by atoms with Crippen LogP contribution in [0, 0.1) is 0 Å². The number of carbonyl (C=O) groups excluding carboxylic acids is 1. The summed E-state index contributed by atoms with van der Waals surface area (Å²) in [5.74, 6) is -0.123. The number of fused-ring (bicyclic) bond motifs is 9. The summed E-state index contributed by atoms with van der Waals surface area (Å²) in [7, 11) is 0. The average molecular weight is 236 g/mol. The van der Waals surface area contributed by atoms with Crippen molar-refractivity contribution in [2.24, 2.45) is 0 Å². The van der Waals surface area contributed by atoms with Gasteiger partial charge in [0, 0.05) is 11.3 Å². The van der Waals surface area contributed by atoms with Crippen LogP contribution in [0.25, 0.3) is 0 Å². The number of rotatable bonds is 0. The van der Waals surface area contributed by atoms with Crippen molar-refractivity contribution in [3.05, 3.63) is 29.8 Å². The molecule has 2 heterocycles. The number of nitrogens with one attached hydrogen (secondary N) is 4. The molecular formula is C10H12N4OS. The van der Waals surface area contributed by atoms with E-state index < -0.39 is 0 Å². The molecule has 5 nitrogen and oxygen atoms in total. The fourth-order valence-corrected chi connectivity index (χ4v) is 1.48. The monoisotopic (exact) mass is 236 g/mol. The first-order valence-electron chi connectivity index (χ1n) is 4.89. The van der Waals surface area contributed by atoms with E-state index in [1.165, 1.54) is 0 Å². The molecule has 0 atom stereocenters. The highest BCUT2D eigenvalue weighted by molar-refractivity contribution is 7.80. The smallest absolute Gasteiger partial charge is 0.252 e. The van der Waals surface area contributed by atoms with E-state index >= 15 is 0 Å². The van der Waals surface area contributed by atoms with Gasteiger partial charge in [-0.05, 0) is 36.5 Å². The zero-order valence-electron chi connectivity index (χ0n) is 8.54. The summed E-state index contributed by atoms with van der Waals surface area (Å²) in [5.41, 5.74) is 1.57. The highest BCUT2D eigenvalue weighted by Gasteiger charge is 2.05. The first kappa shape index (κ1) is 10.7. The van der Waals surface area contributed by atoms with Crippen LogP contribution in [0.15, 0.2) is 24.3 Å². The van der Waals surface area contributed by atoms with E-state index in [1.54, 1.807) is 12.1 Å². The van der Waals surface area contributed by atoms with Gasteiger partial charge in [-0.25, -0.2) is 0 Å². The molecule has 0 saturated carbocycles. The van der Waals surface area contributed by atoms with Crippen LogP contribution in [0.4, 0.5) is 5.69 Å². The van der Waals surface area contributed by atoms with Crippen molar-refractivity contribution in [2.75, 3.05) is 18.7 Å². The van der Waals surface area contributed by atoms with Crippen molar-refractivity contribution in [1.29, 1.82) is 0 Å². The molecule has 6 heteroatoms. The Morgan fingerprint density at radius 3 is 2.25 bits per heavy atom. The predicted molar refractivity (Wildman–Crippen MR) is 66.1 cm³/mol. The number of benzene rings is 1. The number of hydrogen-bond acceptors (Lipinski definition) is 3. The van der Waals surface area contributed by atoms with Gasteiger partial charge in [0.2, 0.25) is 0 Å². The molecule has 16 heavy (non-hydrogen) atoms. The van der Waals surface area contributed by atoms with Gasteiger partial charge in [0.1, 0.15) is 0 Å². The largest absolute Gasteiger partial charge is 0.368 e. The van der Waals surface area contributed by atoms with E-state index in [2.05, 4.69) is 21.3 Å². The lowest BCUT2D eigenvalue weighted by Crippen LogP contribution is -2.44. The van der Waals surface area contributed by atoms with Crippen molar-refractivity contribution in [2.45, 2.75) is 0 Å². The molecule has 84 valence electrons. The van der Waals surface area contributed by atoms with Crippen molar-refractivity contribution in [3.63, 3.8) is 0 Å². The molecule has 0 saturated heterocycles. The Kier molecular flexibility index (Phi) is 3.21. The van der Waals surface area contributed by atoms with Gasteiger partial charge >= 0.3 is 0 Å². The molecule has 0 spiro atoms. The maximum atomic E-state index is 11.6. The standard InChI is InChI=1S/C10H12N4OS/c15-9-7-1-3-8(4-2-7)11-5-13-10(16)14-6-12-9/h1-4,11H,5-6H2,(H,12,15)(H2,13,14,16). The Morgan fingerprint density at radius 2 is 1.56 bits per heavy atom. The summed E-state index contributed by atoms with van der Waals surface area (Å²) in [6.07, 6.45) is 0. The van der Waals surface area contributed by atoms with Crippen LogP contribution < -0.4 is 21.3 Å². The third-order valence-corrected chi connectivity index (χ3v) is 2.48. The molecule has 1 amide bonds. The van der Waals surface area contributed by atoms with E-state index in [-0.39, 0.29) is 5.91 Å². The van der Waals surface area contributed by atoms with Gasteiger partial charge in [0.15, 0.2) is 5.11 Å². The summed E-state index contributed by atoms with van der Waals surface area (Å²) in [6, 6.07) is 7.26. The first-order chi connectivity index (χ1) is 7.75. The molecule has 0 unspecified atom stereocenters. The quantitative estimate of drug-likeness (QED) is 0.485. The lowest BCUT2D eigenvalue weighted by molar-refractivity contribution is 0.0953. The van der Waals surface area contributed by atoms with E-state index in [0.29, 0.717) is 24.0 Å². The molecule has 0 fully saturated rings. The number of hydrogen-bond donors (Lipinski definition) is 4. The van der Waals surface area contributed by atoms with Crippen LogP contribution in [0.2, 0.25) is 0 Å². The predicted octanol–water partition coefficient (Wildman–Crippen LogP) is 0.221. The normalized spacial score (nSPS) is 16.0. The molecule has 2 aliphatic rings. The number of carbonyl (C=O) groups is 1. The zero-order valence-corrected chi connectivity index (χ0v) is 9.36. The Bertz CT molecular complexity index is 404. The SMILES string of the molecule is O=C1NCNC(=S)NCNc2ccc1cc2. The third kappa shape index (κ3) is 2.60. The Hall–Kier alpha value is -1.82. The van der Waals surface area contributed by atoms with Gasteiger partial charge in [0.25, 0.3) is 5.91 Å². The number of amides is 1. The first-order valence-corrected chi connectivity index (χ1v) is 5.30. The lowest BCUT2D eigenvalue weighted by atomic mass is 10.2. The van der Waals surface area contributed by atoms with Crippen molar-refractivity contribution < 1.29 is 4.79 Å². The molecule has 3 rings (SSSR count). The van der Waals surface area contributed by atoms with Gasteiger partial charge in [0.05, 0.1) is 13.3 Å². The highest BCUT2D eigenvalue weighted by atomic mass is 32.1. The van der Waals surface area contributed by atoms with Gasteiger partial charge in [-0.3, -0.25) is 4.79 Å². The number of anilines is 1. The summed E-state index contributed by atoms with van der Waals surface area (Å²) >= 11 is 4.99. The summed E-state index contributed by atoms with van der Waals surface area (Å²) in [5, 5.41) is 12.2. The molecule has 0 aromatic heterocycles. The van der Waals surface area contributed by atoms with Crippen LogP contribution in [-0.4, -0.2) is 24.4 Å². The van der Waals surface area contributed by atoms with Gasteiger partial charge in [-0.15, -0.1) is 0 Å². The van der Waals surface area contributed by atoms with E-state index in [1.807, 2.05) is 12.1 Å². The van der Waals surface area contributed by atoms with Gasteiger partial charge in [-0.1, -0.05) is 0 Å². The zero-order chi connectivity index (χ0) is 11.4. The van der Waals surface area contributed by atoms with Crippen LogP contribution in [0.5, 0.6) is 0 Å². The maximum absolute atomic E-state index is 11.6. The fraction of sp³-hybridized carbons (Fsp3) is 0.200. The van der Waals surface area contributed by atoms with E-state index in [0.717, 1.165) is 5.69 Å². The maximum Gasteiger partial charge on any atom is 0.252 e. The Morgan fingerprint density at radius 1 is 0.938 bits per heavy atom. The summed E-state index contributed by atoms with van der Waals surface area (Å²) in [4.78, 5) is 11.6. The van der Waals surface area contributed by atoms with E-state index in [4.69, 9.17) is 12.2 Å². The highest BCUT2D eigenvalue weighted by Crippen LogP contribution is 2.08. The molecule has 2 bridgehead atoms. The van der Waals surface area contributed by atoms with Gasteiger partial charge in [-0.2, -0.15) is 0 Å². The minimum atomic E-state index is -0.123. The number of thiocarbonyl (C=S) groups is 1. The third-order valence-electron chi connectivity index (χ3n) is 2.19. The second-order valence-electron chi connectivity index (χ2n) is 3.30. The molecule has 1 aromatic rings. The molecule has 0 radical (unpaired) electrons. The molecule has 0 aliphatic carbocycles. The average Bonchev–Trinajstić information content (AvgIpc) is 2.28. The van der Waals surface area contributed by atoms with Gasteiger partial charge < -0.3 is 21.3 Å². The minimum absolute atomic E-state index is 0.123. The molecular weight excluding hydrogens is 224 g/mol. The van der Waals surface area contributed by atoms with Crippen LogP contribution in [-0.2, 0) is 0 Å². The molecule has 1 aromatic carbocycles. The second-order valence-corrected chi connectivity index (χ2v) is 3.70. The molecule has 4 N–H and O–H groups in total. The topological polar surface area (TPSA) is 65.2 Å². The van der Waals surface area contributed by atoms with Crippen molar-refractivity contribution in [1.82, 2.24) is 16.0 Å². The van der Waals surface area contributed by atoms with Crippen LogP contribution in [0.1, 0.15) is 10.4 Å². The lowest BCUT2D eigenvalue weighted by Gasteiger charge is -2.14. The van der Waals surface area contributed by atoms with E-state index in [9.17, 15) is 4.79 Å². The Balaban J connectivity index is 2.17. The summed E-state index contributed by atoms with van der Waals surface area (Å²) < 4.78 is 0. The Labute approximate surface area is 98.6 Å². The summed E-state index contributed by atoms with van der Waals surface area (Å²) in [6.45, 7) is 0.853. The van der Waals surface area contributed by atoms with Crippen molar-refractivity contribution in [3.8, 4) is 0 Å². The van der Waals surface area contributed by atoms with Crippen LogP contribution in [0.3, 0.4) is 0 Å². The van der Waals surface area contributed by atoms with Crippen molar-refractivity contribution >= 4 is 28.9 Å². The second kappa shape index (κ2) is 4.80.